The number of carboxylic acids is 1. The van der Waals surface area contributed by atoms with Gasteiger partial charge in [-0.2, -0.15) is 5.26 Å². The lowest BCUT2D eigenvalue weighted by atomic mass is 9.68. The topological polar surface area (TPSA) is 90.2 Å². The van der Waals surface area contributed by atoms with Gasteiger partial charge in [-0.1, -0.05) is 91.0 Å². The van der Waals surface area contributed by atoms with Crippen molar-refractivity contribution in [1.29, 1.82) is 5.26 Å². The summed E-state index contributed by atoms with van der Waals surface area (Å²) in [5.74, 6) is -1.48. The zero-order chi connectivity index (χ0) is 22.8. The summed E-state index contributed by atoms with van der Waals surface area (Å²) >= 11 is 0. The maximum absolute atomic E-state index is 14.0. The maximum atomic E-state index is 14.0. The van der Waals surface area contributed by atoms with E-state index in [2.05, 4.69) is 11.4 Å². The van der Waals surface area contributed by atoms with Gasteiger partial charge in [0.25, 0.3) is 0 Å². The molecule has 3 rings (SSSR count). The molecule has 0 aliphatic carbocycles. The summed E-state index contributed by atoms with van der Waals surface area (Å²) in [6.45, 7) is 0. The molecule has 0 saturated heterocycles. The van der Waals surface area contributed by atoms with Gasteiger partial charge in [-0.3, -0.25) is 4.79 Å². The van der Waals surface area contributed by atoms with Crippen molar-refractivity contribution >= 4 is 11.9 Å². The number of hydrogen-bond donors (Lipinski definition) is 2. The molecule has 3 aromatic rings. The second kappa shape index (κ2) is 10.9. The quantitative estimate of drug-likeness (QED) is 0.364. The van der Waals surface area contributed by atoms with Gasteiger partial charge < -0.3 is 10.4 Å². The molecular formula is C27H26N2O3. The molecule has 0 aliphatic rings. The Kier molecular flexibility index (Phi) is 7.77. The molecule has 3 aromatic carbocycles. The first-order chi connectivity index (χ1) is 15.6. The molecule has 0 fully saturated rings. The Balaban J connectivity index is 2.11. The van der Waals surface area contributed by atoms with Crippen molar-refractivity contribution in [2.45, 2.75) is 37.1 Å². The van der Waals surface area contributed by atoms with Crippen LogP contribution in [0, 0.1) is 11.3 Å². The summed E-state index contributed by atoms with van der Waals surface area (Å²) in [5.41, 5.74) is 1.04. The van der Waals surface area contributed by atoms with Crippen LogP contribution in [0.15, 0.2) is 91.0 Å². The molecule has 0 aliphatic heterocycles. The van der Waals surface area contributed by atoms with Crippen LogP contribution in [0.25, 0.3) is 0 Å². The lowest BCUT2D eigenvalue weighted by Gasteiger charge is -2.35. The van der Waals surface area contributed by atoms with Gasteiger partial charge in [-0.15, -0.1) is 0 Å². The number of carbonyl (C=O) groups is 2. The van der Waals surface area contributed by atoms with E-state index in [-0.39, 0.29) is 6.42 Å². The lowest BCUT2D eigenvalue weighted by molar-refractivity contribution is -0.142. The third kappa shape index (κ3) is 4.87. The summed E-state index contributed by atoms with van der Waals surface area (Å²) in [4.78, 5) is 26.0. The largest absolute Gasteiger partial charge is 0.480 e. The molecule has 0 radical (unpaired) electrons. The highest BCUT2D eigenvalue weighted by molar-refractivity contribution is 5.98. The number of nitriles is 1. The minimum atomic E-state index is -1.22. The SMILES string of the molecule is N#CCCCC[C@@H](NC(=O)C(c1ccccc1)(c1ccccc1)c1ccccc1)C(=O)O. The summed E-state index contributed by atoms with van der Waals surface area (Å²) in [7, 11) is 0. The number of rotatable bonds is 10. The number of aliphatic carboxylic acids is 1. The molecule has 0 unspecified atom stereocenters. The van der Waals surface area contributed by atoms with Gasteiger partial charge in [0.15, 0.2) is 0 Å². The molecule has 0 aromatic heterocycles. The Labute approximate surface area is 188 Å². The first-order valence-corrected chi connectivity index (χ1v) is 10.7. The molecular weight excluding hydrogens is 400 g/mol. The van der Waals surface area contributed by atoms with Crippen molar-refractivity contribution in [2.75, 3.05) is 0 Å². The molecule has 5 heteroatoms. The van der Waals surface area contributed by atoms with E-state index in [9.17, 15) is 14.7 Å². The van der Waals surface area contributed by atoms with E-state index in [0.29, 0.717) is 19.3 Å². The van der Waals surface area contributed by atoms with Crippen LogP contribution in [0.5, 0.6) is 0 Å². The highest BCUT2D eigenvalue weighted by Gasteiger charge is 2.44. The monoisotopic (exact) mass is 426 g/mol. The highest BCUT2D eigenvalue weighted by Crippen LogP contribution is 2.39. The summed E-state index contributed by atoms with van der Waals surface area (Å²) in [6.07, 6.45) is 1.76. The van der Waals surface area contributed by atoms with Crippen LogP contribution in [0.1, 0.15) is 42.4 Å². The van der Waals surface area contributed by atoms with Crippen LogP contribution in [0.4, 0.5) is 0 Å². The average Bonchev–Trinajstić information content (AvgIpc) is 2.83. The van der Waals surface area contributed by atoms with Gasteiger partial charge in [0.1, 0.15) is 11.5 Å². The molecule has 2 N–H and O–H groups in total. The zero-order valence-electron chi connectivity index (χ0n) is 17.8. The Bertz CT molecular complexity index is 964. The maximum Gasteiger partial charge on any atom is 0.326 e. The lowest BCUT2D eigenvalue weighted by Crippen LogP contribution is -2.51. The Morgan fingerprint density at radius 3 is 1.62 bits per heavy atom. The number of carboxylic acid groups (broad SMARTS) is 1. The molecule has 0 spiro atoms. The van der Waals surface area contributed by atoms with Crippen LogP contribution in [0.2, 0.25) is 0 Å². The fourth-order valence-electron chi connectivity index (χ4n) is 4.03. The second-order valence-electron chi connectivity index (χ2n) is 7.62. The number of unbranched alkanes of at least 4 members (excludes halogenated alkanes) is 2. The van der Waals surface area contributed by atoms with E-state index in [1.807, 2.05) is 91.0 Å². The van der Waals surface area contributed by atoms with E-state index in [0.717, 1.165) is 16.7 Å². The van der Waals surface area contributed by atoms with Crippen molar-refractivity contribution in [3.8, 4) is 6.07 Å². The van der Waals surface area contributed by atoms with E-state index in [1.165, 1.54) is 0 Å². The van der Waals surface area contributed by atoms with Gasteiger partial charge >= 0.3 is 5.97 Å². The van der Waals surface area contributed by atoms with Gasteiger partial charge in [-0.05, 0) is 36.0 Å². The number of amides is 1. The Morgan fingerprint density at radius 2 is 1.25 bits per heavy atom. The Hall–Kier alpha value is -3.91. The van der Waals surface area contributed by atoms with Crippen LogP contribution >= 0.6 is 0 Å². The molecule has 0 heterocycles. The molecule has 32 heavy (non-hydrogen) atoms. The van der Waals surface area contributed by atoms with Crippen LogP contribution in [0.3, 0.4) is 0 Å². The standard InChI is InChI=1S/C27H26N2O3/c28-20-12-4-11-19-24(25(30)31)29-26(32)27(21-13-5-1-6-14-21,22-15-7-2-8-16-22)23-17-9-3-10-18-23/h1-3,5-10,13-18,24H,4,11-12,19H2,(H,29,32)(H,30,31)/t24-/m1/s1. The van der Waals surface area contributed by atoms with E-state index >= 15 is 0 Å². The first-order valence-electron chi connectivity index (χ1n) is 10.7. The van der Waals surface area contributed by atoms with Crippen LogP contribution in [-0.2, 0) is 15.0 Å². The third-order valence-corrected chi connectivity index (χ3v) is 5.60. The average molecular weight is 427 g/mol. The van der Waals surface area contributed by atoms with E-state index in [4.69, 9.17) is 5.26 Å². The van der Waals surface area contributed by atoms with Crippen molar-refractivity contribution in [2.24, 2.45) is 0 Å². The van der Waals surface area contributed by atoms with E-state index < -0.39 is 23.3 Å². The summed E-state index contributed by atoms with van der Waals surface area (Å²) in [5, 5.41) is 21.3. The second-order valence-corrected chi connectivity index (χ2v) is 7.62. The number of hydrogen-bond acceptors (Lipinski definition) is 3. The third-order valence-electron chi connectivity index (χ3n) is 5.60. The van der Waals surface area contributed by atoms with Crippen LogP contribution in [-0.4, -0.2) is 23.0 Å². The first kappa shape index (κ1) is 22.8. The van der Waals surface area contributed by atoms with Gasteiger partial charge in [-0.25, -0.2) is 4.79 Å². The van der Waals surface area contributed by atoms with Gasteiger partial charge in [0.05, 0.1) is 6.07 Å². The normalized spacial score (nSPS) is 11.8. The van der Waals surface area contributed by atoms with Crippen molar-refractivity contribution in [3.05, 3.63) is 108 Å². The predicted octanol–water partition coefficient (Wildman–Crippen LogP) is 4.67. The summed E-state index contributed by atoms with van der Waals surface area (Å²) < 4.78 is 0. The summed E-state index contributed by atoms with van der Waals surface area (Å²) in [6, 6.07) is 29.3. The highest BCUT2D eigenvalue weighted by atomic mass is 16.4. The number of nitrogens with one attached hydrogen (secondary N) is 1. The molecule has 0 bridgehead atoms. The number of benzene rings is 3. The van der Waals surface area contributed by atoms with E-state index in [1.54, 1.807) is 0 Å². The fourth-order valence-corrected chi connectivity index (χ4v) is 4.03. The van der Waals surface area contributed by atoms with Crippen LogP contribution < -0.4 is 5.32 Å². The number of carbonyl (C=O) groups excluding carboxylic acids is 1. The van der Waals surface area contributed by atoms with Crippen molar-refractivity contribution in [3.63, 3.8) is 0 Å². The number of nitrogens with zero attached hydrogens (tertiary/aromatic N) is 1. The van der Waals surface area contributed by atoms with Gasteiger partial charge in [0, 0.05) is 6.42 Å². The fraction of sp³-hybridized carbons (Fsp3) is 0.222. The van der Waals surface area contributed by atoms with Gasteiger partial charge in [0.2, 0.25) is 5.91 Å². The minimum Gasteiger partial charge on any atom is -0.480 e. The smallest absolute Gasteiger partial charge is 0.326 e. The molecule has 0 saturated carbocycles. The Morgan fingerprint density at radius 1 is 0.812 bits per heavy atom. The predicted molar refractivity (Wildman–Crippen MR) is 123 cm³/mol. The molecule has 5 nitrogen and oxygen atoms in total. The van der Waals surface area contributed by atoms with Crippen molar-refractivity contribution in [1.82, 2.24) is 5.32 Å². The zero-order valence-corrected chi connectivity index (χ0v) is 17.8. The molecule has 162 valence electrons. The minimum absolute atomic E-state index is 0.261. The van der Waals surface area contributed by atoms with Crippen molar-refractivity contribution < 1.29 is 14.7 Å². The molecule has 1 atom stereocenters. The molecule has 1 amide bonds.